The van der Waals surface area contributed by atoms with Gasteiger partial charge in [0, 0.05) is 11.3 Å². The molecular formula is C22H23N5O. The third-order valence-electron chi connectivity index (χ3n) is 4.96. The molecule has 0 saturated heterocycles. The van der Waals surface area contributed by atoms with E-state index in [-0.39, 0.29) is 5.91 Å². The number of rotatable bonds is 4. The normalized spacial score (nSPS) is 12.8. The number of carbonyl (C=O) groups is 1. The lowest BCUT2D eigenvalue weighted by molar-refractivity contribution is -0.113. The number of amides is 1. The number of aromatic nitrogens is 2. The van der Waals surface area contributed by atoms with Crippen molar-refractivity contribution in [3.63, 3.8) is 0 Å². The molecule has 1 amide bonds. The highest BCUT2D eigenvalue weighted by atomic mass is 16.2. The lowest BCUT2D eigenvalue weighted by Gasteiger charge is -2.23. The zero-order valence-corrected chi connectivity index (χ0v) is 16.2. The van der Waals surface area contributed by atoms with Crippen molar-refractivity contribution in [3.8, 4) is 11.1 Å². The Morgan fingerprint density at radius 1 is 1.04 bits per heavy atom. The number of nitrogens with one attached hydrogen (secondary N) is 3. The van der Waals surface area contributed by atoms with E-state index in [0.717, 1.165) is 40.4 Å². The quantitative estimate of drug-likeness (QED) is 0.642. The van der Waals surface area contributed by atoms with E-state index in [4.69, 9.17) is 0 Å². The molecule has 2 heterocycles. The first kappa shape index (κ1) is 17.9. The van der Waals surface area contributed by atoms with Gasteiger partial charge in [-0.2, -0.15) is 5.10 Å². The van der Waals surface area contributed by atoms with E-state index in [2.05, 4.69) is 28.2 Å². The van der Waals surface area contributed by atoms with Gasteiger partial charge >= 0.3 is 0 Å². The molecule has 1 aliphatic heterocycles. The van der Waals surface area contributed by atoms with Crippen molar-refractivity contribution >= 4 is 23.1 Å². The Bertz CT molecular complexity index is 1050. The summed E-state index contributed by atoms with van der Waals surface area (Å²) in [6, 6.07) is 18.0. The SMILES string of the molecule is CCc1ccc(NC(=O)C2=C(C)n3nc(C)c(-c4ccccc4)c3NN2)cc1. The van der Waals surface area contributed by atoms with Crippen molar-refractivity contribution in [2.24, 2.45) is 0 Å². The molecule has 0 aliphatic carbocycles. The van der Waals surface area contributed by atoms with E-state index < -0.39 is 0 Å². The lowest BCUT2D eigenvalue weighted by atomic mass is 10.1. The van der Waals surface area contributed by atoms with Gasteiger partial charge in [0.2, 0.25) is 0 Å². The number of allylic oxidation sites excluding steroid dienone is 1. The molecule has 0 atom stereocenters. The predicted molar refractivity (Wildman–Crippen MR) is 112 cm³/mol. The summed E-state index contributed by atoms with van der Waals surface area (Å²) in [5.74, 6) is 0.611. The smallest absolute Gasteiger partial charge is 0.275 e. The number of aryl methyl sites for hydroxylation is 2. The minimum absolute atomic E-state index is 0.214. The van der Waals surface area contributed by atoms with Crippen molar-refractivity contribution in [1.82, 2.24) is 15.2 Å². The highest BCUT2D eigenvalue weighted by Crippen LogP contribution is 2.34. The number of carbonyl (C=O) groups excluding carboxylic acids is 1. The molecular weight excluding hydrogens is 350 g/mol. The van der Waals surface area contributed by atoms with Crippen LogP contribution in [0.2, 0.25) is 0 Å². The second-order valence-corrected chi connectivity index (χ2v) is 6.80. The molecule has 6 nitrogen and oxygen atoms in total. The summed E-state index contributed by atoms with van der Waals surface area (Å²) < 4.78 is 1.78. The fourth-order valence-electron chi connectivity index (χ4n) is 3.39. The van der Waals surface area contributed by atoms with Crippen LogP contribution in [0.1, 0.15) is 25.1 Å². The van der Waals surface area contributed by atoms with Crippen LogP contribution >= 0.6 is 0 Å². The van der Waals surface area contributed by atoms with Crippen LogP contribution in [0.3, 0.4) is 0 Å². The summed E-state index contributed by atoms with van der Waals surface area (Å²) in [7, 11) is 0. The minimum atomic E-state index is -0.214. The van der Waals surface area contributed by atoms with Crippen molar-refractivity contribution in [1.29, 1.82) is 0 Å². The molecule has 3 N–H and O–H groups in total. The first-order chi connectivity index (χ1) is 13.6. The summed E-state index contributed by atoms with van der Waals surface area (Å²) in [5, 5.41) is 7.58. The maximum absolute atomic E-state index is 12.8. The van der Waals surface area contributed by atoms with Crippen molar-refractivity contribution < 1.29 is 4.79 Å². The molecule has 0 unspecified atom stereocenters. The fraction of sp³-hybridized carbons (Fsp3) is 0.182. The molecule has 2 aromatic carbocycles. The van der Waals surface area contributed by atoms with Gasteiger partial charge in [-0.05, 0) is 43.5 Å². The molecule has 28 heavy (non-hydrogen) atoms. The third kappa shape index (κ3) is 3.13. The summed E-state index contributed by atoms with van der Waals surface area (Å²) in [4.78, 5) is 12.8. The number of nitrogens with zero attached hydrogens (tertiary/aromatic N) is 2. The maximum atomic E-state index is 12.8. The standard InChI is InChI=1S/C22H23N5O/c1-4-16-10-12-18(13-11-16)23-22(28)20-15(3)27-21(25-24-20)19(14(2)26-27)17-8-6-5-7-9-17/h5-13,24-25H,4H2,1-3H3,(H,23,28). The highest BCUT2D eigenvalue weighted by molar-refractivity contribution is 6.07. The maximum Gasteiger partial charge on any atom is 0.275 e. The molecule has 1 aromatic heterocycles. The van der Waals surface area contributed by atoms with Gasteiger partial charge in [-0.25, -0.2) is 4.68 Å². The molecule has 3 aromatic rings. The average molecular weight is 373 g/mol. The fourth-order valence-corrected chi connectivity index (χ4v) is 3.39. The van der Waals surface area contributed by atoms with Crippen LogP contribution in [0.5, 0.6) is 0 Å². The lowest BCUT2D eigenvalue weighted by Crippen LogP contribution is -2.36. The third-order valence-corrected chi connectivity index (χ3v) is 4.96. The summed E-state index contributed by atoms with van der Waals surface area (Å²) in [5.41, 5.74) is 12.4. The van der Waals surface area contributed by atoms with Crippen LogP contribution < -0.4 is 16.2 Å². The molecule has 0 fully saturated rings. The summed E-state index contributed by atoms with van der Waals surface area (Å²) >= 11 is 0. The zero-order valence-electron chi connectivity index (χ0n) is 16.2. The van der Waals surface area contributed by atoms with Gasteiger partial charge in [-0.3, -0.25) is 15.6 Å². The van der Waals surface area contributed by atoms with Crippen LogP contribution in [-0.4, -0.2) is 15.7 Å². The number of anilines is 2. The predicted octanol–water partition coefficient (Wildman–Crippen LogP) is 4.18. The molecule has 0 radical (unpaired) electrons. The monoisotopic (exact) mass is 373 g/mol. The average Bonchev–Trinajstić information content (AvgIpc) is 3.06. The molecule has 6 heteroatoms. The molecule has 0 spiro atoms. The number of hydrogen-bond donors (Lipinski definition) is 3. The molecule has 1 aliphatic rings. The Morgan fingerprint density at radius 2 is 1.75 bits per heavy atom. The number of benzene rings is 2. The van der Waals surface area contributed by atoms with E-state index >= 15 is 0 Å². The van der Waals surface area contributed by atoms with Gasteiger partial charge in [-0.15, -0.1) is 0 Å². The largest absolute Gasteiger partial charge is 0.321 e. The Kier molecular flexibility index (Phi) is 4.61. The molecule has 142 valence electrons. The number of fused-ring (bicyclic) bond motifs is 1. The topological polar surface area (TPSA) is 71.0 Å². The van der Waals surface area contributed by atoms with Gasteiger partial charge in [0.25, 0.3) is 5.91 Å². The highest BCUT2D eigenvalue weighted by Gasteiger charge is 2.26. The van der Waals surface area contributed by atoms with Crippen molar-refractivity contribution in [3.05, 3.63) is 71.6 Å². The number of hydrogen-bond acceptors (Lipinski definition) is 4. The van der Waals surface area contributed by atoms with Crippen LogP contribution in [0.4, 0.5) is 11.5 Å². The van der Waals surface area contributed by atoms with Crippen LogP contribution in [-0.2, 0) is 11.2 Å². The van der Waals surface area contributed by atoms with E-state index in [0.29, 0.717) is 5.70 Å². The van der Waals surface area contributed by atoms with Crippen molar-refractivity contribution in [2.45, 2.75) is 27.2 Å². The Hall–Kier alpha value is -3.54. The second-order valence-electron chi connectivity index (χ2n) is 6.80. The zero-order chi connectivity index (χ0) is 19.7. The van der Waals surface area contributed by atoms with E-state index in [1.807, 2.05) is 68.4 Å². The van der Waals surface area contributed by atoms with Gasteiger partial charge in [0.15, 0.2) is 5.82 Å². The Morgan fingerprint density at radius 3 is 2.43 bits per heavy atom. The van der Waals surface area contributed by atoms with Gasteiger partial charge in [-0.1, -0.05) is 49.4 Å². The Balaban J connectivity index is 1.65. The van der Waals surface area contributed by atoms with Gasteiger partial charge in [0.05, 0.1) is 11.4 Å². The number of hydrazine groups is 1. The van der Waals surface area contributed by atoms with Crippen LogP contribution in [0.15, 0.2) is 60.3 Å². The second kappa shape index (κ2) is 7.23. The first-order valence-electron chi connectivity index (χ1n) is 9.37. The van der Waals surface area contributed by atoms with Crippen LogP contribution in [0, 0.1) is 6.92 Å². The van der Waals surface area contributed by atoms with E-state index in [9.17, 15) is 4.79 Å². The first-order valence-corrected chi connectivity index (χ1v) is 9.37. The molecule has 0 saturated carbocycles. The van der Waals surface area contributed by atoms with Gasteiger partial charge in [0.1, 0.15) is 5.70 Å². The van der Waals surface area contributed by atoms with E-state index in [1.165, 1.54) is 5.56 Å². The molecule has 0 bridgehead atoms. The van der Waals surface area contributed by atoms with Crippen LogP contribution in [0.25, 0.3) is 16.8 Å². The van der Waals surface area contributed by atoms with Crippen molar-refractivity contribution in [2.75, 3.05) is 10.7 Å². The summed E-state index contributed by atoms with van der Waals surface area (Å²) in [6.45, 7) is 5.96. The summed E-state index contributed by atoms with van der Waals surface area (Å²) in [6.07, 6.45) is 0.967. The van der Waals surface area contributed by atoms with E-state index in [1.54, 1.807) is 4.68 Å². The van der Waals surface area contributed by atoms with Gasteiger partial charge < -0.3 is 5.32 Å². The molecule has 4 rings (SSSR count). The Labute approximate surface area is 164 Å². The minimum Gasteiger partial charge on any atom is -0.321 e.